The number of halogens is 1. The topological polar surface area (TPSA) is 50.7 Å². The van der Waals surface area contributed by atoms with Gasteiger partial charge in [-0.2, -0.15) is 0 Å². The molecule has 1 aromatic carbocycles. The van der Waals surface area contributed by atoms with Gasteiger partial charge in [0.15, 0.2) is 0 Å². The first-order chi connectivity index (χ1) is 8.28. The first-order valence-electron chi connectivity index (χ1n) is 5.83. The van der Waals surface area contributed by atoms with Gasteiger partial charge >= 0.3 is 0 Å². The van der Waals surface area contributed by atoms with Crippen LogP contribution in [-0.4, -0.2) is 39.0 Å². The van der Waals surface area contributed by atoms with E-state index in [1.807, 2.05) is 18.2 Å². The normalized spacial score (nSPS) is 22.4. The minimum Gasteiger partial charge on any atom is -0.497 e. The smallest absolute Gasteiger partial charge is 0.122 e. The van der Waals surface area contributed by atoms with Crippen LogP contribution in [0.5, 0.6) is 11.5 Å². The van der Waals surface area contributed by atoms with Crippen LogP contribution in [0.15, 0.2) is 18.2 Å². The standard InChI is InChI=1S/C13H19NO3.ClH/c1-16-11-3-9(4-12(5-11)17-2)13-7-14-6-10(13)8-15;/h3-5,10,13-15H,6-8H2,1-2H3;1H/t10-,13-;/m0./s1. The minimum absolute atomic E-state index is 0. The zero-order valence-corrected chi connectivity index (χ0v) is 11.5. The molecule has 1 heterocycles. The molecule has 1 aromatic rings. The Labute approximate surface area is 114 Å². The van der Waals surface area contributed by atoms with E-state index in [0.717, 1.165) is 30.2 Å². The highest BCUT2D eigenvalue weighted by Crippen LogP contribution is 2.33. The summed E-state index contributed by atoms with van der Waals surface area (Å²) in [6.07, 6.45) is 0. The Kier molecular flexibility index (Phi) is 5.72. The van der Waals surface area contributed by atoms with E-state index in [1.54, 1.807) is 14.2 Å². The van der Waals surface area contributed by atoms with Gasteiger partial charge in [0.2, 0.25) is 0 Å². The van der Waals surface area contributed by atoms with Crippen LogP contribution in [0.1, 0.15) is 11.5 Å². The molecule has 102 valence electrons. The number of ether oxygens (including phenoxy) is 2. The van der Waals surface area contributed by atoms with Gasteiger partial charge in [0.05, 0.1) is 14.2 Å². The van der Waals surface area contributed by atoms with E-state index >= 15 is 0 Å². The molecule has 0 spiro atoms. The van der Waals surface area contributed by atoms with Crippen molar-refractivity contribution < 1.29 is 14.6 Å². The fourth-order valence-electron chi connectivity index (χ4n) is 2.36. The lowest BCUT2D eigenvalue weighted by Gasteiger charge is -2.18. The molecule has 2 atom stereocenters. The van der Waals surface area contributed by atoms with E-state index < -0.39 is 0 Å². The van der Waals surface area contributed by atoms with Gasteiger partial charge in [0, 0.05) is 37.6 Å². The molecule has 0 amide bonds. The minimum atomic E-state index is 0. The van der Waals surface area contributed by atoms with Gasteiger partial charge in [-0.15, -0.1) is 12.4 Å². The van der Waals surface area contributed by atoms with Crippen molar-refractivity contribution in [2.45, 2.75) is 5.92 Å². The second-order valence-electron chi connectivity index (χ2n) is 4.35. The summed E-state index contributed by atoms with van der Waals surface area (Å²) in [6.45, 7) is 1.96. The molecule has 1 fully saturated rings. The van der Waals surface area contributed by atoms with Crippen LogP contribution in [0.25, 0.3) is 0 Å². The lowest BCUT2D eigenvalue weighted by atomic mass is 9.89. The van der Waals surface area contributed by atoms with Gasteiger partial charge in [0.25, 0.3) is 0 Å². The number of methoxy groups -OCH3 is 2. The first kappa shape index (κ1) is 15.1. The van der Waals surface area contributed by atoms with Crippen molar-refractivity contribution in [2.75, 3.05) is 33.9 Å². The van der Waals surface area contributed by atoms with E-state index in [-0.39, 0.29) is 24.9 Å². The zero-order chi connectivity index (χ0) is 12.3. The quantitative estimate of drug-likeness (QED) is 0.871. The molecular weight excluding hydrogens is 254 g/mol. The van der Waals surface area contributed by atoms with Crippen LogP contribution >= 0.6 is 12.4 Å². The molecule has 0 radical (unpaired) electrons. The summed E-state index contributed by atoms with van der Waals surface area (Å²) in [5.41, 5.74) is 1.16. The monoisotopic (exact) mass is 273 g/mol. The van der Waals surface area contributed by atoms with Crippen molar-refractivity contribution in [3.8, 4) is 11.5 Å². The highest BCUT2D eigenvalue weighted by atomic mass is 35.5. The zero-order valence-electron chi connectivity index (χ0n) is 10.7. The van der Waals surface area contributed by atoms with E-state index in [1.165, 1.54) is 0 Å². The average Bonchev–Trinajstić information content (AvgIpc) is 2.86. The maximum Gasteiger partial charge on any atom is 0.122 e. The van der Waals surface area contributed by atoms with Gasteiger partial charge < -0.3 is 19.9 Å². The predicted molar refractivity (Wildman–Crippen MR) is 73.0 cm³/mol. The van der Waals surface area contributed by atoms with E-state index in [4.69, 9.17) is 9.47 Å². The summed E-state index contributed by atoms with van der Waals surface area (Å²) in [6, 6.07) is 5.89. The molecule has 0 unspecified atom stereocenters. The number of hydrogen-bond donors (Lipinski definition) is 2. The molecule has 4 nitrogen and oxygen atoms in total. The van der Waals surface area contributed by atoms with Gasteiger partial charge in [-0.05, 0) is 17.7 Å². The van der Waals surface area contributed by atoms with Gasteiger partial charge in [-0.1, -0.05) is 0 Å². The Hall–Kier alpha value is -0.970. The summed E-state index contributed by atoms with van der Waals surface area (Å²) in [7, 11) is 3.30. The summed E-state index contributed by atoms with van der Waals surface area (Å²) in [4.78, 5) is 0. The largest absolute Gasteiger partial charge is 0.497 e. The predicted octanol–water partition coefficient (Wildman–Crippen LogP) is 1.42. The molecule has 1 aliphatic heterocycles. The summed E-state index contributed by atoms with van der Waals surface area (Å²) in [5, 5.41) is 12.7. The fourth-order valence-corrected chi connectivity index (χ4v) is 2.36. The van der Waals surface area contributed by atoms with Crippen LogP contribution in [0, 0.1) is 5.92 Å². The number of rotatable bonds is 4. The van der Waals surface area contributed by atoms with Crippen molar-refractivity contribution >= 4 is 12.4 Å². The number of hydrogen-bond acceptors (Lipinski definition) is 4. The van der Waals surface area contributed by atoms with Crippen LogP contribution < -0.4 is 14.8 Å². The van der Waals surface area contributed by atoms with Crippen molar-refractivity contribution in [1.82, 2.24) is 5.32 Å². The molecule has 0 aromatic heterocycles. The van der Waals surface area contributed by atoms with Gasteiger partial charge in [0.1, 0.15) is 11.5 Å². The van der Waals surface area contributed by atoms with Crippen molar-refractivity contribution in [3.63, 3.8) is 0 Å². The second-order valence-corrected chi connectivity index (χ2v) is 4.35. The number of nitrogens with one attached hydrogen (secondary N) is 1. The molecule has 1 saturated heterocycles. The third-order valence-electron chi connectivity index (χ3n) is 3.38. The molecule has 1 aliphatic rings. The molecule has 2 rings (SSSR count). The Morgan fingerprint density at radius 1 is 1.17 bits per heavy atom. The van der Waals surface area contributed by atoms with Gasteiger partial charge in [-0.3, -0.25) is 0 Å². The summed E-state index contributed by atoms with van der Waals surface area (Å²) >= 11 is 0. The van der Waals surface area contributed by atoms with Crippen molar-refractivity contribution in [1.29, 1.82) is 0 Å². The summed E-state index contributed by atoms with van der Waals surface area (Å²) in [5.74, 6) is 2.18. The van der Waals surface area contributed by atoms with Crippen LogP contribution in [0.3, 0.4) is 0 Å². The van der Waals surface area contributed by atoms with Crippen molar-refractivity contribution in [3.05, 3.63) is 23.8 Å². The Morgan fingerprint density at radius 2 is 1.78 bits per heavy atom. The molecule has 0 bridgehead atoms. The Balaban J connectivity index is 0.00000162. The number of aliphatic hydroxyl groups excluding tert-OH is 1. The molecule has 2 N–H and O–H groups in total. The highest BCUT2D eigenvalue weighted by Gasteiger charge is 2.28. The van der Waals surface area contributed by atoms with E-state index in [0.29, 0.717) is 5.92 Å². The maximum absolute atomic E-state index is 9.35. The van der Waals surface area contributed by atoms with Crippen LogP contribution in [0.2, 0.25) is 0 Å². The lowest BCUT2D eigenvalue weighted by molar-refractivity contribution is 0.226. The SMILES string of the molecule is COc1cc(OC)cc([C@@H]2CNC[C@H]2CO)c1.Cl. The molecule has 0 saturated carbocycles. The van der Waals surface area contributed by atoms with E-state index in [9.17, 15) is 5.11 Å². The third kappa shape index (κ3) is 3.07. The van der Waals surface area contributed by atoms with Gasteiger partial charge in [-0.25, -0.2) is 0 Å². The van der Waals surface area contributed by atoms with Crippen molar-refractivity contribution in [2.24, 2.45) is 5.92 Å². The first-order valence-corrected chi connectivity index (χ1v) is 5.83. The molecule has 0 aliphatic carbocycles. The lowest BCUT2D eigenvalue weighted by Crippen LogP contribution is -2.15. The second kappa shape index (κ2) is 6.83. The molecular formula is C13H20ClNO3. The van der Waals surface area contributed by atoms with Crippen LogP contribution in [-0.2, 0) is 0 Å². The number of benzene rings is 1. The molecule has 5 heteroatoms. The van der Waals surface area contributed by atoms with E-state index in [2.05, 4.69) is 5.32 Å². The Bertz CT molecular complexity index is 364. The average molecular weight is 274 g/mol. The Morgan fingerprint density at radius 3 is 2.28 bits per heavy atom. The maximum atomic E-state index is 9.35. The highest BCUT2D eigenvalue weighted by molar-refractivity contribution is 5.85. The van der Waals surface area contributed by atoms with Crippen LogP contribution in [0.4, 0.5) is 0 Å². The number of aliphatic hydroxyl groups is 1. The summed E-state index contributed by atoms with van der Waals surface area (Å²) < 4.78 is 10.5. The third-order valence-corrected chi connectivity index (χ3v) is 3.38. The molecule has 18 heavy (non-hydrogen) atoms. The fraction of sp³-hybridized carbons (Fsp3) is 0.538.